The largest absolute Gasteiger partial charge is 0.378 e. The molecule has 5 heteroatoms. The van der Waals surface area contributed by atoms with Gasteiger partial charge in [0, 0.05) is 44.2 Å². The Morgan fingerprint density at radius 1 is 1.45 bits per heavy atom. The minimum atomic E-state index is -0.0719. The fourth-order valence-corrected chi connectivity index (χ4v) is 2.49. The van der Waals surface area contributed by atoms with E-state index in [2.05, 4.69) is 25.3 Å². The molecule has 2 atom stereocenters. The van der Waals surface area contributed by atoms with Crippen molar-refractivity contribution in [3.8, 4) is 0 Å². The predicted molar refractivity (Wildman–Crippen MR) is 78.7 cm³/mol. The second-order valence-electron chi connectivity index (χ2n) is 6.46. The summed E-state index contributed by atoms with van der Waals surface area (Å²) in [5.41, 5.74) is 6.70. The Kier molecular flexibility index (Phi) is 4.20. The Morgan fingerprint density at radius 2 is 2.15 bits per heavy atom. The maximum atomic E-state index is 12.5. The minimum absolute atomic E-state index is 0.0160. The molecule has 1 aliphatic heterocycles. The standard InChI is InChI=1S/C15H25N3O2/c1-15(2,3)18-8-5-11(9-18)14(19)17-7-6-12(16)13(10-17)20-4/h5,8-9,12-13H,6-7,10,16H2,1-4H3/t12-,13+/m0/s1. The van der Waals surface area contributed by atoms with Crippen LogP contribution in [0.4, 0.5) is 0 Å². The Hall–Kier alpha value is -1.33. The van der Waals surface area contributed by atoms with E-state index in [-0.39, 0.29) is 23.6 Å². The monoisotopic (exact) mass is 279 g/mol. The van der Waals surface area contributed by atoms with Gasteiger partial charge in [0.05, 0.1) is 11.7 Å². The molecule has 1 aromatic heterocycles. The predicted octanol–water partition coefficient (Wildman–Crippen LogP) is 1.43. The topological polar surface area (TPSA) is 60.5 Å². The molecule has 0 spiro atoms. The molecule has 0 aromatic carbocycles. The number of nitrogens with two attached hydrogens (primary N) is 1. The summed E-state index contributed by atoms with van der Waals surface area (Å²) >= 11 is 0. The fraction of sp³-hybridized carbons (Fsp3) is 0.667. The molecule has 1 saturated heterocycles. The number of ether oxygens (including phenoxy) is 1. The molecule has 0 aliphatic carbocycles. The van der Waals surface area contributed by atoms with E-state index in [9.17, 15) is 4.79 Å². The quantitative estimate of drug-likeness (QED) is 0.891. The summed E-state index contributed by atoms with van der Waals surface area (Å²) in [6.07, 6.45) is 4.58. The van der Waals surface area contributed by atoms with E-state index >= 15 is 0 Å². The molecular weight excluding hydrogens is 254 g/mol. The average molecular weight is 279 g/mol. The molecule has 2 heterocycles. The van der Waals surface area contributed by atoms with Crippen LogP contribution in [0.15, 0.2) is 18.5 Å². The molecule has 5 nitrogen and oxygen atoms in total. The van der Waals surface area contributed by atoms with E-state index < -0.39 is 0 Å². The third kappa shape index (κ3) is 3.04. The lowest BCUT2D eigenvalue weighted by Gasteiger charge is -2.35. The number of amides is 1. The zero-order valence-corrected chi connectivity index (χ0v) is 12.8. The molecule has 2 rings (SSSR count). The van der Waals surface area contributed by atoms with Crippen molar-refractivity contribution in [3.05, 3.63) is 24.0 Å². The first kappa shape index (κ1) is 15.1. The molecule has 2 N–H and O–H groups in total. The number of rotatable bonds is 2. The molecule has 1 aromatic rings. The molecule has 0 unspecified atom stereocenters. The zero-order valence-electron chi connectivity index (χ0n) is 12.8. The summed E-state index contributed by atoms with van der Waals surface area (Å²) in [5, 5.41) is 0. The van der Waals surface area contributed by atoms with Crippen molar-refractivity contribution >= 4 is 5.91 Å². The van der Waals surface area contributed by atoms with Crippen molar-refractivity contribution in [2.45, 2.75) is 44.9 Å². The lowest BCUT2D eigenvalue weighted by molar-refractivity contribution is 0.0162. The molecule has 1 amide bonds. The highest BCUT2D eigenvalue weighted by atomic mass is 16.5. The Labute approximate surface area is 120 Å². The van der Waals surface area contributed by atoms with Crippen molar-refractivity contribution < 1.29 is 9.53 Å². The van der Waals surface area contributed by atoms with Gasteiger partial charge in [-0.2, -0.15) is 0 Å². The van der Waals surface area contributed by atoms with Gasteiger partial charge < -0.3 is 19.9 Å². The van der Waals surface area contributed by atoms with Gasteiger partial charge in [0.25, 0.3) is 5.91 Å². The van der Waals surface area contributed by atoms with E-state index in [0.29, 0.717) is 13.1 Å². The molecule has 20 heavy (non-hydrogen) atoms. The van der Waals surface area contributed by atoms with Crippen LogP contribution < -0.4 is 5.73 Å². The fourth-order valence-electron chi connectivity index (χ4n) is 2.49. The number of methoxy groups -OCH3 is 1. The number of carbonyl (C=O) groups excluding carboxylic acids is 1. The molecule has 0 saturated carbocycles. The smallest absolute Gasteiger partial charge is 0.255 e. The van der Waals surface area contributed by atoms with Crippen LogP contribution >= 0.6 is 0 Å². The van der Waals surface area contributed by atoms with Crippen molar-refractivity contribution in [3.63, 3.8) is 0 Å². The number of likely N-dealkylation sites (tertiary alicyclic amines) is 1. The molecular formula is C15H25N3O2. The van der Waals surface area contributed by atoms with Crippen LogP contribution in [0, 0.1) is 0 Å². The Balaban J connectivity index is 2.10. The van der Waals surface area contributed by atoms with Crippen LogP contribution in [-0.2, 0) is 10.3 Å². The average Bonchev–Trinajstić information content (AvgIpc) is 2.88. The lowest BCUT2D eigenvalue weighted by Crippen LogP contribution is -2.53. The number of nitrogens with zero attached hydrogens (tertiary/aromatic N) is 2. The normalized spacial score (nSPS) is 23.9. The van der Waals surface area contributed by atoms with Crippen LogP contribution in [0.25, 0.3) is 0 Å². The number of hydrogen-bond acceptors (Lipinski definition) is 3. The minimum Gasteiger partial charge on any atom is -0.378 e. The van der Waals surface area contributed by atoms with E-state index in [4.69, 9.17) is 10.5 Å². The second kappa shape index (κ2) is 5.58. The van der Waals surface area contributed by atoms with Crippen molar-refractivity contribution in [1.82, 2.24) is 9.47 Å². The maximum Gasteiger partial charge on any atom is 0.255 e. The van der Waals surface area contributed by atoms with Gasteiger partial charge in [0.2, 0.25) is 0 Å². The van der Waals surface area contributed by atoms with Crippen LogP contribution in [0.5, 0.6) is 0 Å². The highest BCUT2D eigenvalue weighted by molar-refractivity contribution is 5.94. The highest BCUT2D eigenvalue weighted by Gasteiger charge is 2.30. The van der Waals surface area contributed by atoms with Crippen LogP contribution in [-0.4, -0.2) is 47.7 Å². The van der Waals surface area contributed by atoms with Crippen LogP contribution in [0.2, 0.25) is 0 Å². The van der Waals surface area contributed by atoms with Gasteiger partial charge in [0.1, 0.15) is 0 Å². The summed E-state index contributed by atoms with van der Waals surface area (Å²) in [4.78, 5) is 14.4. The van der Waals surface area contributed by atoms with Crippen LogP contribution in [0.1, 0.15) is 37.6 Å². The summed E-state index contributed by atoms with van der Waals surface area (Å²) in [7, 11) is 1.65. The number of piperidine rings is 1. The first-order chi connectivity index (χ1) is 9.32. The third-order valence-corrected chi connectivity index (χ3v) is 3.91. The molecule has 112 valence electrons. The maximum absolute atomic E-state index is 12.5. The lowest BCUT2D eigenvalue weighted by atomic mass is 10.0. The molecule has 0 radical (unpaired) electrons. The van der Waals surface area contributed by atoms with Crippen molar-refractivity contribution in [1.29, 1.82) is 0 Å². The first-order valence-electron chi connectivity index (χ1n) is 7.09. The van der Waals surface area contributed by atoms with Gasteiger partial charge in [-0.25, -0.2) is 0 Å². The van der Waals surface area contributed by atoms with E-state index in [1.165, 1.54) is 0 Å². The SMILES string of the molecule is CO[C@@H]1CN(C(=O)c2ccn(C(C)(C)C)c2)CC[C@@H]1N. The van der Waals surface area contributed by atoms with E-state index in [0.717, 1.165) is 12.0 Å². The van der Waals surface area contributed by atoms with Crippen molar-refractivity contribution in [2.75, 3.05) is 20.2 Å². The number of aromatic nitrogens is 1. The van der Waals surface area contributed by atoms with Gasteiger partial charge in [-0.3, -0.25) is 4.79 Å². The highest BCUT2D eigenvalue weighted by Crippen LogP contribution is 2.19. The first-order valence-corrected chi connectivity index (χ1v) is 7.09. The van der Waals surface area contributed by atoms with Gasteiger partial charge in [-0.05, 0) is 33.3 Å². The zero-order chi connectivity index (χ0) is 14.9. The van der Waals surface area contributed by atoms with Crippen molar-refractivity contribution in [2.24, 2.45) is 5.73 Å². The Morgan fingerprint density at radius 3 is 2.70 bits per heavy atom. The summed E-state index contributed by atoms with van der Waals surface area (Å²) in [6.45, 7) is 7.60. The van der Waals surface area contributed by atoms with Crippen LogP contribution in [0.3, 0.4) is 0 Å². The molecule has 0 bridgehead atoms. The molecule has 1 fully saturated rings. The summed E-state index contributed by atoms with van der Waals surface area (Å²) in [5.74, 6) is 0.0574. The number of carbonyl (C=O) groups is 1. The van der Waals surface area contributed by atoms with Gasteiger partial charge >= 0.3 is 0 Å². The van der Waals surface area contributed by atoms with Gasteiger partial charge in [0.15, 0.2) is 0 Å². The number of hydrogen-bond donors (Lipinski definition) is 1. The summed E-state index contributed by atoms with van der Waals surface area (Å²) in [6, 6.07) is 1.90. The summed E-state index contributed by atoms with van der Waals surface area (Å²) < 4.78 is 7.41. The molecule has 1 aliphatic rings. The van der Waals surface area contributed by atoms with E-state index in [1.54, 1.807) is 7.11 Å². The van der Waals surface area contributed by atoms with Gasteiger partial charge in [-0.1, -0.05) is 0 Å². The van der Waals surface area contributed by atoms with E-state index in [1.807, 2.05) is 23.4 Å². The second-order valence-corrected chi connectivity index (χ2v) is 6.46. The third-order valence-electron chi connectivity index (χ3n) is 3.91. The Bertz CT molecular complexity index is 476. The van der Waals surface area contributed by atoms with Gasteiger partial charge in [-0.15, -0.1) is 0 Å².